The maximum absolute atomic E-state index is 12.3. The zero-order valence-corrected chi connectivity index (χ0v) is 16.8. The van der Waals surface area contributed by atoms with Gasteiger partial charge in [0, 0.05) is 0 Å². The Hall–Kier alpha value is 0.792. The van der Waals surface area contributed by atoms with Gasteiger partial charge in [-0.1, -0.05) is 0 Å². The Morgan fingerprint density at radius 1 is 1.47 bits per heavy atom. The van der Waals surface area contributed by atoms with Gasteiger partial charge in [0.2, 0.25) is 0 Å². The first-order chi connectivity index (χ1) is 6.94. The molecule has 0 aromatic heterocycles. The summed E-state index contributed by atoms with van der Waals surface area (Å²) in [6, 6.07) is 0. The number of carbonyl (C=O) groups is 2. The van der Waals surface area contributed by atoms with Gasteiger partial charge >= 0.3 is 117 Å². The summed E-state index contributed by atoms with van der Waals surface area (Å²) in [5, 5.41) is 0. The van der Waals surface area contributed by atoms with Crippen molar-refractivity contribution in [2.24, 2.45) is 0 Å². The van der Waals surface area contributed by atoms with Crippen LogP contribution in [0.25, 0.3) is 0 Å². The summed E-state index contributed by atoms with van der Waals surface area (Å²) < 4.78 is 1.06. The SMILES string of the molecule is C[C]1(CI)[TlH][C](=O)C2(C)CCCN2C1=O. The standard InChI is InChI=1S/C10H14INO2.Tl.H/c1-8(6-11)9(14)12-5-3-4-10(12,2)7-13;;/h3-6H2,1-2H3;;. The van der Waals surface area contributed by atoms with Crippen LogP contribution in [0.5, 0.6) is 0 Å². The Bertz CT molecular complexity index is 335. The van der Waals surface area contributed by atoms with Crippen molar-refractivity contribution < 1.29 is 9.59 Å². The molecule has 0 aromatic rings. The first kappa shape index (κ1) is 12.3. The predicted octanol–water partition coefficient (Wildman–Crippen LogP) is 0.958. The van der Waals surface area contributed by atoms with Gasteiger partial charge in [-0.3, -0.25) is 0 Å². The van der Waals surface area contributed by atoms with E-state index in [4.69, 9.17) is 0 Å². The van der Waals surface area contributed by atoms with E-state index in [9.17, 15) is 9.59 Å². The predicted molar refractivity (Wildman–Crippen MR) is 68.8 cm³/mol. The average molecular weight is 513 g/mol. The summed E-state index contributed by atoms with van der Waals surface area (Å²) in [6.45, 7) is 4.78. The van der Waals surface area contributed by atoms with Gasteiger partial charge in [0.1, 0.15) is 0 Å². The number of rotatable bonds is 1. The van der Waals surface area contributed by atoms with E-state index in [1.165, 1.54) is 0 Å². The molecule has 15 heavy (non-hydrogen) atoms. The quantitative estimate of drug-likeness (QED) is 0.298. The van der Waals surface area contributed by atoms with Gasteiger partial charge in [-0.25, -0.2) is 0 Å². The van der Waals surface area contributed by atoms with E-state index in [1.807, 2.05) is 18.7 Å². The first-order valence-corrected chi connectivity index (χ1v) is 12.4. The molecule has 2 aliphatic heterocycles. The van der Waals surface area contributed by atoms with Crippen LogP contribution in [0.4, 0.5) is 0 Å². The van der Waals surface area contributed by atoms with Gasteiger partial charge in [0.05, 0.1) is 0 Å². The summed E-state index contributed by atoms with van der Waals surface area (Å²) in [4.78, 5) is 26.4. The molecule has 2 rings (SSSR count). The number of hydrogen-bond acceptors (Lipinski definition) is 2. The van der Waals surface area contributed by atoms with E-state index < -0.39 is 24.2 Å². The van der Waals surface area contributed by atoms with Crippen molar-refractivity contribution in [3.63, 3.8) is 0 Å². The normalized spacial score (nSPS) is 40.3. The minimum absolute atomic E-state index is 0.235. The van der Waals surface area contributed by atoms with Crippen molar-refractivity contribution in [2.45, 2.75) is 35.2 Å². The van der Waals surface area contributed by atoms with Gasteiger partial charge in [-0.2, -0.15) is 0 Å². The topological polar surface area (TPSA) is 37.4 Å². The van der Waals surface area contributed by atoms with Gasteiger partial charge in [-0.05, 0) is 0 Å². The molecule has 2 saturated heterocycles. The summed E-state index contributed by atoms with van der Waals surface area (Å²) >= 11 is 0.506. The molecule has 0 bridgehead atoms. The molecule has 2 aliphatic rings. The molecule has 0 aromatic carbocycles. The average Bonchev–Trinajstić information content (AvgIpc) is 2.59. The number of amides is 1. The Labute approximate surface area is 116 Å². The van der Waals surface area contributed by atoms with Crippen molar-refractivity contribution in [2.75, 3.05) is 11.0 Å². The molecular weight excluding hydrogens is 497 g/mol. The van der Waals surface area contributed by atoms with Crippen LogP contribution in [-0.4, -0.2) is 54.9 Å². The van der Waals surface area contributed by atoms with Crippen molar-refractivity contribution in [3.05, 3.63) is 0 Å². The van der Waals surface area contributed by atoms with E-state index >= 15 is 0 Å². The van der Waals surface area contributed by atoms with Gasteiger partial charge in [0.15, 0.2) is 0 Å². The first-order valence-electron chi connectivity index (χ1n) is 5.35. The second-order valence-electron chi connectivity index (χ2n) is 5.13. The van der Waals surface area contributed by atoms with Crippen LogP contribution in [0.2, 0.25) is 2.97 Å². The van der Waals surface area contributed by atoms with Gasteiger partial charge in [-0.15, -0.1) is 0 Å². The van der Waals surface area contributed by atoms with Crippen LogP contribution in [0.15, 0.2) is 0 Å². The number of alkyl halides is 1. The molecule has 2 unspecified atom stereocenters. The number of halogens is 1. The van der Waals surface area contributed by atoms with Crippen molar-refractivity contribution in [1.29, 1.82) is 0 Å². The molecule has 82 valence electrons. The number of nitrogens with zero attached hydrogens (tertiary/aromatic N) is 1. The maximum atomic E-state index is 12.3. The third-order valence-electron chi connectivity index (χ3n) is 3.85. The summed E-state index contributed by atoms with van der Waals surface area (Å²) in [7, 11) is 0. The molecule has 0 N–H and O–H groups in total. The van der Waals surface area contributed by atoms with Gasteiger partial charge in [0.25, 0.3) is 0 Å². The Morgan fingerprint density at radius 2 is 2.13 bits per heavy atom. The van der Waals surface area contributed by atoms with Crippen LogP contribution in [0.3, 0.4) is 0 Å². The third kappa shape index (κ3) is 1.69. The molecule has 0 spiro atoms. The fourth-order valence-electron chi connectivity index (χ4n) is 2.63. The number of carbonyl (C=O) groups excluding carboxylic acids is 2. The second-order valence-corrected chi connectivity index (χ2v) is 15.8. The molecule has 0 radical (unpaired) electrons. The Balaban J connectivity index is 2.38. The van der Waals surface area contributed by atoms with Crippen LogP contribution in [0.1, 0.15) is 26.7 Å². The molecule has 0 saturated carbocycles. The Kier molecular flexibility index (Phi) is 3.20. The number of fused-ring (bicyclic) bond motifs is 1. The van der Waals surface area contributed by atoms with Gasteiger partial charge < -0.3 is 0 Å². The fourth-order valence-corrected chi connectivity index (χ4v) is 12.7. The van der Waals surface area contributed by atoms with Crippen LogP contribution in [-0.2, 0) is 9.59 Å². The monoisotopic (exact) mass is 513 g/mol. The zero-order valence-electron chi connectivity index (χ0n) is 9.18. The second kappa shape index (κ2) is 3.92. The van der Waals surface area contributed by atoms with E-state index in [0.717, 1.165) is 23.8 Å². The van der Waals surface area contributed by atoms with Crippen molar-refractivity contribution in [1.82, 2.24) is 4.90 Å². The van der Waals surface area contributed by atoms with Crippen LogP contribution < -0.4 is 0 Å². The number of hydrogen-bond donors (Lipinski definition) is 0. The molecule has 2 fully saturated rings. The summed E-state index contributed by atoms with van der Waals surface area (Å²) in [6.07, 6.45) is 1.90. The summed E-state index contributed by atoms with van der Waals surface area (Å²) in [5.74, 6) is 0.276. The molecule has 2 atom stereocenters. The van der Waals surface area contributed by atoms with E-state index in [1.54, 1.807) is 0 Å². The molecule has 0 aliphatic carbocycles. The molecule has 2 heterocycles. The fraction of sp³-hybridized carbons (Fsp3) is 0.800. The van der Waals surface area contributed by atoms with Crippen molar-refractivity contribution in [3.8, 4) is 0 Å². The molecule has 1 amide bonds. The minimum atomic E-state index is -1.76. The van der Waals surface area contributed by atoms with E-state index in [2.05, 4.69) is 22.6 Å². The molecule has 5 heteroatoms. The third-order valence-corrected chi connectivity index (χ3v) is 18.9. The van der Waals surface area contributed by atoms with E-state index in [0.29, 0.717) is 3.34 Å². The van der Waals surface area contributed by atoms with Crippen LogP contribution >= 0.6 is 22.6 Å². The summed E-state index contributed by atoms with van der Waals surface area (Å²) in [5.41, 5.74) is -0.385. The van der Waals surface area contributed by atoms with E-state index in [-0.39, 0.29) is 14.4 Å². The van der Waals surface area contributed by atoms with Crippen LogP contribution in [0, 0.1) is 0 Å². The van der Waals surface area contributed by atoms with Crippen molar-refractivity contribution >= 4 is 56.1 Å². The zero-order chi connectivity index (χ0) is 11.3. The Morgan fingerprint density at radius 3 is 2.73 bits per heavy atom. The molecular formula is C10H15INO2Tl. The molecule has 3 nitrogen and oxygen atoms in total.